The maximum atomic E-state index is 12.8. The zero-order valence-electron chi connectivity index (χ0n) is 13.4. The summed E-state index contributed by atoms with van der Waals surface area (Å²) in [4.78, 5) is 16.6. The van der Waals surface area contributed by atoms with Crippen LogP contribution in [0.2, 0.25) is 5.02 Å². The van der Waals surface area contributed by atoms with E-state index in [0.29, 0.717) is 31.2 Å². The molecule has 6 nitrogen and oxygen atoms in total. The molecular weight excluding hydrogens is 350 g/mol. The van der Waals surface area contributed by atoms with E-state index in [0.717, 1.165) is 12.1 Å². The van der Waals surface area contributed by atoms with Crippen molar-refractivity contribution in [2.45, 2.75) is 6.04 Å². The highest BCUT2D eigenvalue weighted by Gasteiger charge is 2.30. The third kappa shape index (κ3) is 4.27. The first-order valence-electron chi connectivity index (χ1n) is 8.13. The molecule has 0 spiro atoms. The van der Waals surface area contributed by atoms with E-state index < -0.39 is 9.84 Å². The molecule has 24 heavy (non-hydrogen) atoms. The summed E-state index contributed by atoms with van der Waals surface area (Å²) < 4.78 is 23.0. The maximum absolute atomic E-state index is 12.8. The molecule has 8 heteroatoms. The number of sulfone groups is 1. The van der Waals surface area contributed by atoms with Crippen LogP contribution in [0, 0.1) is 0 Å². The number of nitrogens with zero attached hydrogens (tertiary/aromatic N) is 2. The summed E-state index contributed by atoms with van der Waals surface area (Å²) in [6, 6.07) is 7.55. The lowest BCUT2D eigenvalue weighted by Gasteiger charge is -2.38. The first-order valence-corrected chi connectivity index (χ1v) is 10.3. The lowest BCUT2D eigenvalue weighted by atomic mass is 10.0. The van der Waals surface area contributed by atoms with E-state index in [1.807, 2.05) is 34.1 Å². The minimum absolute atomic E-state index is 0.0424. The average Bonchev–Trinajstić information content (AvgIpc) is 2.57. The number of carbonyl (C=O) groups is 1. The molecule has 0 aromatic heterocycles. The molecule has 1 N–H and O–H groups in total. The number of nitrogens with one attached hydrogen (secondary N) is 1. The van der Waals surface area contributed by atoms with Crippen molar-refractivity contribution in [3.05, 3.63) is 34.9 Å². The van der Waals surface area contributed by atoms with Crippen molar-refractivity contribution >= 4 is 27.3 Å². The molecule has 0 radical (unpaired) electrons. The van der Waals surface area contributed by atoms with Crippen LogP contribution >= 0.6 is 11.6 Å². The van der Waals surface area contributed by atoms with E-state index in [-0.39, 0.29) is 30.0 Å². The second-order valence-corrected chi connectivity index (χ2v) is 9.03. The van der Waals surface area contributed by atoms with Crippen molar-refractivity contribution in [2.75, 3.05) is 50.8 Å². The first-order chi connectivity index (χ1) is 11.4. The van der Waals surface area contributed by atoms with Crippen LogP contribution in [-0.2, 0) is 14.6 Å². The Kier molecular flexibility index (Phi) is 5.44. The monoisotopic (exact) mass is 371 g/mol. The van der Waals surface area contributed by atoms with Gasteiger partial charge in [0.2, 0.25) is 5.91 Å². The van der Waals surface area contributed by atoms with Gasteiger partial charge in [0, 0.05) is 37.7 Å². The summed E-state index contributed by atoms with van der Waals surface area (Å²) in [5, 5.41) is 3.98. The van der Waals surface area contributed by atoms with E-state index in [4.69, 9.17) is 11.6 Å². The molecule has 0 aliphatic carbocycles. The molecule has 2 aliphatic rings. The Morgan fingerprint density at radius 2 is 2.00 bits per heavy atom. The molecule has 1 aromatic carbocycles. The van der Waals surface area contributed by atoms with Gasteiger partial charge in [0.15, 0.2) is 9.84 Å². The minimum Gasteiger partial charge on any atom is -0.332 e. The molecule has 2 heterocycles. The third-order valence-corrected chi connectivity index (χ3v) is 6.44. The number of benzene rings is 1. The number of carbonyl (C=O) groups excluding carboxylic acids is 1. The fraction of sp³-hybridized carbons (Fsp3) is 0.562. The van der Waals surface area contributed by atoms with Gasteiger partial charge in [-0.05, 0) is 17.7 Å². The lowest BCUT2D eigenvalue weighted by Crippen LogP contribution is -2.52. The summed E-state index contributed by atoms with van der Waals surface area (Å²) >= 11 is 6.08. The van der Waals surface area contributed by atoms with Crippen molar-refractivity contribution in [1.82, 2.24) is 15.1 Å². The Hall–Kier alpha value is -1.15. The van der Waals surface area contributed by atoms with Crippen molar-refractivity contribution in [1.29, 1.82) is 0 Å². The van der Waals surface area contributed by atoms with Crippen LogP contribution < -0.4 is 5.32 Å². The van der Waals surface area contributed by atoms with Crippen LogP contribution in [0.4, 0.5) is 0 Å². The Morgan fingerprint density at radius 3 is 2.71 bits per heavy atom. The molecule has 2 aliphatic heterocycles. The van der Waals surface area contributed by atoms with E-state index in [2.05, 4.69) is 5.32 Å². The van der Waals surface area contributed by atoms with Crippen LogP contribution in [0.25, 0.3) is 0 Å². The molecule has 0 saturated carbocycles. The average molecular weight is 372 g/mol. The zero-order valence-corrected chi connectivity index (χ0v) is 15.0. The van der Waals surface area contributed by atoms with Crippen molar-refractivity contribution in [3.63, 3.8) is 0 Å². The molecule has 1 unspecified atom stereocenters. The second kappa shape index (κ2) is 7.39. The number of hydrogen-bond acceptors (Lipinski definition) is 5. The Balaban J connectivity index is 1.68. The smallest absolute Gasteiger partial charge is 0.237 e. The van der Waals surface area contributed by atoms with Crippen LogP contribution in [0.1, 0.15) is 11.6 Å². The van der Waals surface area contributed by atoms with E-state index in [9.17, 15) is 13.2 Å². The summed E-state index contributed by atoms with van der Waals surface area (Å²) in [6.07, 6.45) is 0. The molecule has 1 amide bonds. The van der Waals surface area contributed by atoms with Crippen molar-refractivity contribution < 1.29 is 13.2 Å². The number of piperazine rings is 1. The third-order valence-electron chi connectivity index (χ3n) is 4.59. The first kappa shape index (κ1) is 17.7. The van der Waals surface area contributed by atoms with E-state index in [1.54, 1.807) is 0 Å². The topological polar surface area (TPSA) is 69.7 Å². The molecule has 1 aromatic rings. The number of amides is 1. The van der Waals surface area contributed by atoms with E-state index in [1.165, 1.54) is 0 Å². The van der Waals surface area contributed by atoms with Gasteiger partial charge in [-0.15, -0.1) is 0 Å². The molecule has 3 rings (SSSR count). The van der Waals surface area contributed by atoms with Crippen LogP contribution in [0.3, 0.4) is 0 Å². The van der Waals surface area contributed by atoms with Gasteiger partial charge in [0.25, 0.3) is 0 Å². The van der Waals surface area contributed by atoms with Gasteiger partial charge in [-0.1, -0.05) is 23.7 Å². The lowest BCUT2D eigenvalue weighted by molar-refractivity contribution is -0.135. The highest BCUT2D eigenvalue weighted by Crippen LogP contribution is 2.25. The largest absolute Gasteiger partial charge is 0.332 e. The zero-order chi connectivity index (χ0) is 17.2. The molecule has 132 valence electrons. The number of rotatable bonds is 3. The fourth-order valence-corrected chi connectivity index (χ4v) is 4.68. The number of hydrogen-bond donors (Lipinski definition) is 1. The van der Waals surface area contributed by atoms with Gasteiger partial charge in [-0.2, -0.15) is 0 Å². The summed E-state index contributed by atoms with van der Waals surface area (Å²) in [6.45, 7) is 3.23. The van der Waals surface area contributed by atoms with Gasteiger partial charge in [0.05, 0.1) is 24.1 Å². The Bertz CT molecular complexity index is 696. The van der Waals surface area contributed by atoms with Crippen LogP contribution in [0.5, 0.6) is 0 Å². The quantitative estimate of drug-likeness (QED) is 0.840. The van der Waals surface area contributed by atoms with Crippen LogP contribution in [0.15, 0.2) is 24.3 Å². The molecule has 1 atom stereocenters. The van der Waals surface area contributed by atoms with Gasteiger partial charge >= 0.3 is 0 Å². The highest BCUT2D eigenvalue weighted by molar-refractivity contribution is 7.91. The summed E-state index contributed by atoms with van der Waals surface area (Å²) in [7, 11) is -2.93. The van der Waals surface area contributed by atoms with Gasteiger partial charge in [0.1, 0.15) is 0 Å². The van der Waals surface area contributed by atoms with Crippen molar-refractivity contribution in [3.8, 4) is 0 Å². The van der Waals surface area contributed by atoms with Gasteiger partial charge < -0.3 is 10.2 Å². The highest BCUT2D eigenvalue weighted by atomic mass is 35.5. The molecular formula is C16H22ClN3O3S. The number of halogens is 1. The maximum Gasteiger partial charge on any atom is 0.237 e. The van der Waals surface area contributed by atoms with Crippen molar-refractivity contribution in [2.24, 2.45) is 0 Å². The second-order valence-electron chi connectivity index (χ2n) is 6.29. The Morgan fingerprint density at radius 1 is 1.25 bits per heavy atom. The van der Waals surface area contributed by atoms with Gasteiger partial charge in [-0.3, -0.25) is 9.69 Å². The summed E-state index contributed by atoms with van der Waals surface area (Å²) in [5.41, 5.74) is 1.02. The predicted octanol–water partition coefficient (Wildman–Crippen LogP) is 0.543. The van der Waals surface area contributed by atoms with E-state index >= 15 is 0 Å². The molecule has 2 fully saturated rings. The fourth-order valence-electron chi connectivity index (χ4n) is 3.20. The Labute approximate surface area is 147 Å². The standard InChI is InChI=1S/C16H22ClN3O3S/c17-14-3-1-2-13(10-14)15-11-18-4-5-20(15)16(21)12-19-6-8-24(22,23)9-7-19/h1-3,10,15,18H,4-9,11-12H2. The molecule has 2 saturated heterocycles. The predicted molar refractivity (Wildman–Crippen MR) is 93.9 cm³/mol. The molecule has 0 bridgehead atoms. The van der Waals surface area contributed by atoms with Crippen LogP contribution in [-0.4, -0.2) is 74.9 Å². The summed E-state index contributed by atoms with van der Waals surface area (Å²) in [5.74, 6) is 0.319. The SMILES string of the molecule is O=C(CN1CCS(=O)(=O)CC1)N1CCNCC1c1cccc(Cl)c1. The van der Waals surface area contributed by atoms with Gasteiger partial charge in [-0.25, -0.2) is 8.42 Å². The normalized spacial score (nSPS) is 24.7. The minimum atomic E-state index is -2.93.